The molecular weight excluding hydrogens is 370 g/mol. The van der Waals surface area contributed by atoms with Gasteiger partial charge >= 0.3 is 0 Å². The van der Waals surface area contributed by atoms with Crippen LogP contribution in [-0.4, -0.2) is 51.8 Å². The van der Waals surface area contributed by atoms with Crippen molar-refractivity contribution < 1.29 is 23.7 Å². The van der Waals surface area contributed by atoms with Gasteiger partial charge in [0.2, 0.25) is 0 Å². The van der Waals surface area contributed by atoms with Crippen LogP contribution in [0, 0.1) is 6.92 Å². The molecule has 0 fully saturated rings. The number of aryl methyl sites for hydroxylation is 1. The first-order valence-corrected chi connectivity index (χ1v) is 9.53. The summed E-state index contributed by atoms with van der Waals surface area (Å²) < 4.78 is 22.1. The maximum absolute atomic E-state index is 12.6. The van der Waals surface area contributed by atoms with Crippen molar-refractivity contribution in [2.24, 2.45) is 0 Å². The third kappa shape index (κ3) is 4.65. The molecule has 1 amide bonds. The fourth-order valence-electron chi connectivity index (χ4n) is 3.39. The summed E-state index contributed by atoms with van der Waals surface area (Å²) >= 11 is 0. The molecule has 2 aromatic carbocycles. The molecule has 0 N–H and O–H groups in total. The summed E-state index contributed by atoms with van der Waals surface area (Å²) in [7, 11) is 4.86. The van der Waals surface area contributed by atoms with E-state index >= 15 is 0 Å². The Kier molecular flexibility index (Phi) is 6.65. The van der Waals surface area contributed by atoms with E-state index in [9.17, 15) is 4.79 Å². The molecule has 0 atom stereocenters. The molecule has 0 bridgehead atoms. The highest BCUT2D eigenvalue weighted by atomic mass is 16.5. The van der Waals surface area contributed by atoms with Gasteiger partial charge in [0.15, 0.2) is 6.61 Å². The summed E-state index contributed by atoms with van der Waals surface area (Å²) in [5, 5.41) is 0. The molecule has 2 aromatic rings. The summed E-state index contributed by atoms with van der Waals surface area (Å²) in [6.45, 7) is 3.12. The molecule has 3 rings (SSSR count). The van der Waals surface area contributed by atoms with Gasteiger partial charge in [-0.25, -0.2) is 0 Å². The van der Waals surface area contributed by atoms with Gasteiger partial charge in [0, 0.05) is 25.2 Å². The molecule has 0 aromatic heterocycles. The minimum Gasteiger partial charge on any atom is -0.496 e. The van der Waals surface area contributed by atoms with E-state index in [0.29, 0.717) is 36.8 Å². The van der Waals surface area contributed by atoms with Crippen LogP contribution in [0.1, 0.15) is 17.5 Å². The summed E-state index contributed by atoms with van der Waals surface area (Å²) in [5.41, 5.74) is 3.00. The first-order chi connectivity index (χ1) is 14.1. The Morgan fingerprint density at radius 2 is 1.69 bits per heavy atom. The monoisotopic (exact) mass is 397 g/mol. The quantitative estimate of drug-likeness (QED) is 0.713. The molecule has 0 saturated carbocycles. The second-order valence-corrected chi connectivity index (χ2v) is 6.78. The van der Waals surface area contributed by atoms with Crippen LogP contribution in [0.4, 0.5) is 0 Å². The number of rotatable bonds is 7. The fourth-order valence-corrected chi connectivity index (χ4v) is 3.39. The highest BCUT2D eigenvalue weighted by Crippen LogP contribution is 2.40. The van der Waals surface area contributed by atoms with E-state index in [1.807, 2.05) is 49.4 Å². The van der Waals surface area contributed by atoms with Crippen LogP contribution in [0.25, 0.3) is 5.57 Å². The van der Waals surface area contributed by atoms with Gasteiger partial charge in [0.05, 0.1) is 26.9 Å². The lowest BCUT2D eigenvalue weighted by Crippen LogP contribution is -2.38. The number of benzene rings is 2. The maximum Gasteiger partial charge on any atom is 0.260 e. The van der Waals surface area contributed by atoms with E-state index in [0.717, 1.165) is 22.4 Å². The third-order valence-corrected chi connectivity index (χ3v) is 5.04. The number of ether oxygens (including phenoxy) is 4. The molecule has 0 unspecified atom stereocenters. The molecule has 0 saturated heterocycles. The van der Waals surface area contributed by atoms with Crippen molar-refractivity contribution in [3.63, 3.8) is 0 Å². The van der Waals surface area contributed by atoms with Crippen molar-refractivity contribution in [1.29, 1.82) is 0 Å². The molecular formula is C23H27NO5. The SMILES string of the molecule is COc1cc(OC)c(C2=CCN(C(=O)COc3ccccc3C)CC2)c(OC)c1. The van der Waals surface area contributed by atoms with E-state index in [4.69, 9.17) is 18.9 Å². The van der Waals surface area contributed by atoms with Gasteiger partial charge < -0.3 is 23.8 Å². The maximum atomic E-state index is 12.6. The van der Waals surface area contributed by atoms with Gasteiger partial charge in [0.25, 0.3) is 5.91 Å². The summed E-state index contributed by atoms with van der Waals surface area (Å²) in [6.07, 6.45) is 2.75. The van der Waals surface area contributed by atoms with Crippen molar-refractivity contribution in [2.75, 3.05) is 41.0 Å². The Balaban J connectivity index is 1.70. The molecule has 29 heavy (non-hydrogen) atoms. The summed E-state index contributed by atoms with van der Waals surface area (Å²) in [5.74, 6) is 2.76. The molecule has 1 aliphatic rings. The number of para-hydroxylation sites is 1. The molecule has 1 heterocycles. The Bertz CT molecular complexity index is 881. The zero-order valence-electron chi connectivity index (χ0n) is 17.4. The predicted octanol–water partition coefficient (Wildman–Crippen LogP) is 3.72. The topological polar surface area (TPSA) is 57.2 Å². The van der Waals surface area contributed by atoms with Gasteiger partial charge in [-0.05, 0) is 30.5 Å². The molecule has 154 valence electrons. The minimum absolute atomic E-state index is 0.0304. The molecule has 6 heteroatoms. The summed E-state index contributed by atoms with van der Waals surface area (Å²) in [6, 6.07) is 11.4. The number of hydrogen-bond acceptors (Lipinski definition) is 5. The van der Waals surface area contributed by atoms with Crippen molar-refractivity contribution >= 4 is 11.5 Å². The van der Waals surface area contributed by atoms with Crippen molar-refractivity contribution in [1.82, 2.24) is 4.90 Å². The van der Waals surface area contributed by atoms with Crippen molar-refractivity contribution in [3.05, 3.63) is 53.6 Å². The molecule has 0 spiro atoms. The lowest BCUT2D eigenvalue weighted by atomic mass is 9.97. The first-order valence-electron chi connectivity index (χ1n) is 9.53. The van der Waals surface area contributed by atoms with Gasteiger partial charge in [0.1, 0.15) is 23.0 Å². The van der Waals surface area contributed by atoms with E-state index in [1.165, 1.54) is 0 Å². The van der Waals surface area contributed by atoms with E-state index < -0.39 is 0 Å². The average Bonchev–Trinajstić information content (AvgIpc) is 2.77. The van der Waals surface area contributed by atoms with Crippen LogP contribution in [0.3, 0.4) is 0 Å². The standard InChI is InChI=1S/C23H27NO5/c1-16-7-5-6-8-19(16)29-15-22(25)24-11-9-17(10-12-24)23-20(27-3)13-18(26-2)14-21(23)28-4/h5-9,13-14H,10-12,15H2,1-4H3. The van der Waals surface area contributed by atoms with Crippen LogP contribution in [-0.2, 0) is 4.79 Å². The first kappa shape index (κ1) is 20.6. The van der Waals surface area contributed by atoms with E-state index in [2.05, 4.69) is 0 Å². The summed E-state index contributed by atoms with van der Waals surface area (Å²) in [4.78, 5) is 14.4. The Hall–Kier alpha value is -3.15. The second kappa shape index (κ2) is 9.37. The van der Waals surface area contributed by atoms with E-state index in [-0.39, 0.29) is 12.5 Å². The number of hydrogen-bond donors (Lipinski definition) is 0. The third-order valence-electron chi connectivity index (χ3n) is 5.04. The van der Waals surface area contributed by atoms with E-state index in [1.54, 1.807) is 26.2 Å². The second-order valence-electron chi connectivity index (χ2n) is 6.78. The van der Waals surface area contributed by atoms with Crippen LogP contribution in [0.2, 0.25) is 0 Å². The van der Waals surface area contributed by atoms with Crippen LogP contribution in [0.5, 0.6) is 23.0 Å². The van der Waals surface area contributed by atoms with Crippen LogP contribution >= 0.6 is 0 Å². The lowest BCUT2D eigenvalue weighted by molar-refractivity contribution is -0.132. The number of methoxy groups -OCH3 is 3. The van der Waals surface area contributed by atoms with Crippen molar-refractivity contribution in [2.45, 2.75) is 13.3 Å². The van der Waals surface area contributed by atoms with Gasteiger partial charge in [-0.3, -0.25) is 4.79 Å². The van der Waals surface area contributed by atoms with Gasteiger partial charge in [-0.15, -0.1) is 0 Å². The average molecular weight is 397 g/mol. The zero-order valence-corrected chi connectivity index (χ0v) is 17.4. The normalized spacial score (nSPS) is 13.5. The minimum atomic E-state index is -0.0304. The van der Waals surface area contributed by atoms with Crippen molar-refractivity contribution in [3.8, 4) is 23.0 Å². The fraction of sp³-hybridized carbons (Fsp3) is 0.348. The molecule has 1 aliphatic heterocycles. The van der Waals surface area contributed by atoms with Crippen LogP contribution < -0.4 is 18.9 Å². The zero-order chi connectivity index (χ0) is 20.8. The van der Waals surface area contributed by atoms with Gasteiger partial charge in [-0.2, -0.15) is 0 Å². The largest absolute Gasteiger partial charge is 0.496 e. The number of carbonyl (C=O) groups excluding carboxylic acids is 1. The predicted molar refractivity (Wildman–Crippen MR) is 112 cm³/mol. The number of carbonyl (C=O) groups is 1. The number of amides is 1. The lowest BCUT2D eigenvalue weighted by Gasteiger charge is -2.28. The molecule has 0 aliphatic carbocycles. The van der Waals surface area contributed by atoms with Gasteiger partial charge in [-0.1, -0.05) is 24.3 Å². The molecule has 6 nitrogen and oxygen atoms in total. The Morgan fingerprint density at radius 1 is 1.00 bits per heavy atom. The molecule has 0 radical (unpaired) electrons. The number of nitrogens with zero attached hydrogens (tertiary/aromatic N) is 1. The Morgan fingerprint density at radius 3 is 2.24 bits per heavy atom. The Labute approximate surface area is 171 Å². The van der Waals surface area contributed by atoms with Crippen LogP contribution in [0.15, 0.2) is 42.5 Å². The highest BCUT2D eigenvalue weighted by molar-refractivity contribution is 5.81. The highest BCUT2D eigenvalue weighted by Gasteiger charge is 2.23. The smallest absolute Gasteiger partial charge is 0.260 e.